The van der Waals surface area contributed by atoms with E-state index in [0.717, 1.165) is 55.5 Å². The lowest BCUT2D eigenvalue weighted by molar-refractivity contribution is 0.210. The molecule has 1 heterocycles. The molecule has 5 heteroatoms. The first-order chi connectivity index (χ1) is 11.8. The highest BCUT2D eigenvalue weighted by atomic mass is 16.5. The summed E-state index contributed by atoms with van der Waals surface area (Å²) >= 11 is 0. The molecule has 0 aliphatic heterocycles. The van der Waals surface area contributed by atoms with Gasteiger partial charge in [0.1, 0.15) is 11.6 Å². The largest absolute Gasteiger partial charge is 0.383 e. The Morgan fingerprint density at radius 2 is 1.75 bits per heavy atom. The maximum Gasteiger partial charge on any atom is 0.163 e. The van der Waals surface area contributed by atoms with Crippen molar-refractivity contribution in [2.75, 3.05) is 43.6 Å². The molecular weight excluding hydrogens is 300 g/mol. The fraction of sp³-hybridized carbons (Fsp3) is 0.474. The van der Waals surface area contributed by atoms with Crippen LogP contribution in [0.1, 0.15) is 26.7 Å². The van der Waals surface area contributed by atoms with Crippen molar-refractivity contribution in [3.63, 3.8) is 0 Å². The Labute approximate surface area is 145 Å². The van der Waals surface area contributed by atoms with Gasteiger partial charge < -0.3 is 15.0 Å². The van der Waals surface area contributed by atoms with Crippen molar-refractivity contribution >= 4 is 11.6 Å². The van der Waals surface area contributed by atoms with Crippen molar-refractivity contribution < 1.29 is 4.74 Å². The van der Waals surface area contributed by atoms with Gasteiger partial charge in [-0.3, -0.25) is 0 Å². The van der Waals surface area contributed by atoms with Crippen LogP contribution < -0.4 is 10.2 Å². The Balaban J connectivity index is 2.35. The highest BCUT2D eigenvalue weighted by molar-refractivity contribution is 5.61. The number of hydrogen-bond acceptors (Lipinski definition) is 5. The number of nitrogens with zero attached hydrogens (tertiary/aromatic N) is 3. The molecule has 24 heavy (non-hydrogen) atoms. The second-order valence-electron chi connectivity index (χ2n) is 5.71. The van der Waals surface area contributed by atoms with Crippen LogP contribution in [0.4, 0.5) is 11.6 Å². The number of benzene rings is 1. The molecule has 0 radical (unpaired) electrons. The van der Waals surface area contributed by atoms with Crippen LogP contribution in [0, 0.1) is 0 Å². The first-order valence-electron chi connectivity index (χ1n) is 8.70. The molecular formula is C19H28N4O. The van der Waals surface area contributed by atoms with Gasteiger partial charge in [-0.05, 0) is 12.8 Å². The first kappa shape index (κ1) is 18.2. The summed E-state index contributed by atoms with van der Waals surface area (Å²) in [7, 11) is 1.70. The van der Waals surface area contributed by atoms with Gasteiger partial charge in [0, 0.05) is 38.4 Å². The molecule has 0 saturated carbocycles. The molecule has 0 fully saturated rings. The summed E-state index contributed by atoms with van der Waals surface area (Å²) in [6.07, 6.45) is 2.19. The van der Waals surface area contributed by atoms with Gasteiger partial charge in [0.25, 0.3) is 0 Å². The molecule has 0 unspecified atom stereocenters. The van der Waals surface area contributed by atoms with E-state index in [2.05, 4.69) is 29.0 Å². The van der Waals surface area contributed by atoms with Crippen molar-refractivity contribution in [1.82, 2.24) is 9.97 Å². The number of aromatic nitrogens is 2. The van der Waals surface area contributed by atoms with Gasteiger partial charge in [-0.1, -0.05) is 44.2 Å². The maximum atomic E-state index is 5.12. The summed E-state index contributed by atoms with van der Waals surface area (Å²) in [5.74, 6) is 2.57. The Morgan fingerprint density at radius 3 is 2.38 bits per heavy atom. The van der Waals surface area contributed by atoms with Crippen molar-refractivity contribution in [3.8, 4) is 11.4 Å². The molecule has 0 atom stereocenters. The summed E-state index contributed by atoms with van der Waals surface area (Å²) in [6, 6.07) is 12.2. The molecule has 2 rings (SSSR count). The highest BCUT2D eigenvalue weighted by Crippen LogP contribution is 2.22. The van der Waals surface area contributed by atoms with Gasteiger partial charge in [0.15, 0.2) is 5.82 Å². The number of hydrogen-bond donors (Lipinski definition) is 1. The molecule has 1 aromatic carbocycles. The number of methoxy groups -OCH3 is 1. The monoisotopic (exact) mass is 328 g/mol. The molecule has 0 saturated heterocycles. The Hall–Kier alpha value is -2.14. The third-order valence-corrected chi connectivity index (χ3v) is 3.67. The van der Waals surface area contributed by atoms with E-state index in [1.807, 2.05) is 36.4 Å². The fourth-order valence-electron chi connectivity index (χ4n) is 2.57. The van der Waals surface area contributed by atoms with Crippen LogP contribution >= 0.6 is 0 Å². The number of anilines is 2. The zero-order chi connectivity index (χ0) is 17.2. The summed E-state index contributed by atoms with van der Waals surface area (Å²) in [5.41, 5.74) is 1.03. The summed E-state index contributed by atoms with van der Waals surface area (Å²) in [5, 5.41) is 3.33. The van der Waals surface area contributed by atoms with Crippen LogP contribution in [-0.2, 0) is 4.74 Å². The quantitative estimate of drug-likeness (QED) is 0.672. The summed E-state index contributed by atoms with van der Waals surface area (Å²) < 4.78 is 5.12. The molecule has 0 amide bonds. The van der Waals surface area contributed by atoms with Gasteiger partial charge in [-0.25, -0.2) is 9.97 Å². The predicted octanol–water partition coefficient (Wildman–Crippen LogP) is 3.83. The van der Waals surface area contributed by atoms with Gasteiger partial charge in [0.2, 0.25) is 0 Å². The van der Waals surface area contributed by atoms with Crippen molar-refractivity contribution in [2.45, 2.75) is 26.7 Å². The third-order valence-electron chi connectivity index (χ3n) is 3.67. The van der Waals surface area contributed by atoms with Crippen molar-refractivity contribution in [2.24, 2.45) is 0 Å². The maximum absolute atomic E-state index is 5.12. The first-order valence-corrected chi connectivity index (χ1v) is 8.70. The molecule has 2 aromatic rings. The third kappa shape index (κ3) is 5.20. The molecule has 1 N–H and O–H groups in total. The van der Waals surface area contributed by atoms with Crippen LogP contribution in [0.3, 0.4) is 0 Å². The topological polar surface area (TPSA) is 50.3 Å². The van der Waals surface area contributed by atoms with Crippen LogP contribution in [0.2, 0.25) is 0 Å². The molecule has 1 aromatic heterocycles. The molecule has 0 bridgehead atoms. The second-order valence-corrected chi connectivity index (χ2v) is 5.71. The summed E-state index contributed by atoms with van der Waals surface area (Å²) in [4.78, 5) is 11.8. The van der Waals surface area contributed by atoms with Gasteiger partial charge in [-0.15, -0.1) is 0 Å². The van der Waals surface area contributed by atoms with Crippen LogP contribution in [-0.4, -0.2) is 43.3 Å². The van der Waals surface area contributed by atoms with Crippen LogP contribution in [0.5, 0.6) is 0 Å². The zero-order valence-corrected chi connectivity index (χ0v) is 15.0. The van der Waals surface area contributed by atoms with E-state index in [4.69, 9.17) is 9.72 Å². The van der Waals surface area contributed by atoms with E-state index in [1.54, 1.807) is 7.11 Å². The molecule has 130 valence electrons. The van der Waals surface area contributed by atoms with Crippen molar-refractivity contribution in [1.29, 1.82) is 0 Å². The van der Waals surface area contributed by atoms with E-state index in [0.29, 0.717) is 6.61 Å². The highest BCUT2D eigenvalue weighted by Gasteiger charge is 2.12. The van der Waals surface area contributed by atoms with E-state index in [9.17, 15) is 0 Å². The summed E-state index contributed by atoms with van der Waals surface area (Å²) in [6.45, 7) is 7.75. The second kappa shape index (κ2) is 9.88. The lowest BCUT2D eigenvalue weighted by Crippen LogP contribution is -2.26. The lowest BCUT2D eigenvalue weighted by Gasteiger charge is -2.23. The fourth-order valence-corrected chi connectivity index (χ4v) is 2.57. The minimum Gasteiger partial charge on any atom is -0.383 e. The van der Waals surface area contributed by atoms with Crippen LogP contribution in [0.15, 0.2) is 36.4 Å². The SMILES string of the molecule is CCCN(CCC)c1cc(NCCOC)nc(-c2ccccc2)n1. The number of rotatable bonds is 10. The number of nitrogens with one attached hydrogen (secondary N) is 1. The number of ether oxygens (including phenoxy) is 1. The van der Waals surface area contributed by atoms with E-state index < -0.39 is 0 Å². The van der Waals surface area contributed by atoms with E-state index in [-0.39, 0.29) is 0 Å². The zero-order valence-electron chi connectivity index (χ0n) is 15.0. The normalized spacial score (nSPS) is 10.6. The Bertz CT molecular complexity index is 598. The average Bonchev–Trinajstić information content (AvgIpc) is 2.62. The van der Waals surface area contributed by atoms with Gasteiger partial charge >= 0.3 is 0 Å². The predicted molar refractivity (Wildman–Crippen MR) is 101 cm³/mol. The van der Waals surface area contributed by atoms with Gasteiger partial charge in [0.05, 0.1) is 6.61 Å². The smallest absolute Gasteiger partial charge is 0.163 e. The van der Waals surface area contributed by atoms with E-state index in [1.165, 1.54) is 0 Å². The Morgan fingerprint density at radius 1 is 1.04 bits per heavy atom. The standard InChI is InChI=1S/C19H28N4O/c1-4-12-23(13-5-2)18-15-17(20-11-14-24-3)21-19(22-18)16-9-7-6-8-10-16/h6-10,15H,4-5,11-14H2,1-3H3,(H,20,21,22). The van der Waals surface area contributed by atoms with Gasteiger partial charge in [-0.2, -0.15) is 0 Å². The van der Waals surface area contributed by atoms with E-state index >= 15 is 0 Å². The minimum absolute atomic E-state index is 0.646. The van der Waals surface area contributed by atoms with Crippen LogP contribution in [0.25, 0.3) is 11.4 Å². The molecule has 0 aliphatic rings. The lowest BCUT2D eigenvalue weighted by atomic mass is 10.2. The molecule has 5 nitrogen and oxygen atoms in total. The van der Waals surface area contributed by atoms with Crippen molar-refractivity contribution in [3.05, 3.63) is 36.4 Å². The molecule has 0 aliphatic carbocycles. The average molecular weight is 328 g/mol. The Kier molecular flexibility index (Phi) is 7.49. The minimum atomic E-state index is 0.646. The molecule has 0 spiro atoms.